The van der Waals surface area contributed by atoms with Crippen LogP contribution in [0.25, 0.3) is 0 Å². The number of hydrogen-bond donors (Lipinski definition) is 3. The van der Waals surface area contributed by atoms with E-state index in [-0.39, 0.29) is 5.75 Å². The Morgan fingerprint density at radius 1 is 1.28 bits per heavy atom. The standard InChI is InChI=1S/C22H29FN3O9P/c1-13(2)33-19(29)14(3)25-36(31,35-15-8-6-5-7-9-15)32-12-16-18(28)22(4,23)20(34-16)26-11-10-17(27)24-21(26)30/h5-11,13-14,16,18,20,28H,12H2,1-4H3,(H,25,31)(H,24,27,30)/t14-,16+,18-,20+,22+,36+/m0/s1. The summed E-state index contributed by atoms with van der Waals surface area (Å²) in [5, 5.41) is 13.0. The van der Waals surface area contributed by atoms with E-state index in [1.165, 1.54) is 19.1 Å². The average molecular weight is 529 g/mol. The van der Waals surface area contributed by atoms with Crippen molar-refractivity contribution >= 4 is 13.7 Å². The van der Waals surface area contributed by atoms with Crippen molar-refractivity contribution in [1.82, 2.24) is 14.6 Å². The molecule has 0 unspecified atom stereocenters. The van der Waals surface area contributed by atoms with Crippen molar-refractivity contribution in [2.45, 2.75) is 63.9 Å². The maximum absolute atomic E-state index is 15.4. The highest BCUT2D eigenvalue weighted by Gasteiger charge is 2.55. The van der Waals surface area contributed by atoms with Gasteiger partial charge in [-0.25, -0.2) is 13.8 Å². The van der Waals surface area contributed by atoms with Gasteiger partial charge in [0.2, 0.25) is 0 Å². The highest BCUT2D eigenvalue weighted by molar-refractivity contribution is 7.52. The van der Waals surface area contributed by atoms with Gasteiger partial charge in [0, 0.05) is 12.3 Å². The molecule has 0 amide bonds. The summed E-state index contributed by atoms with van der Waals surface area (Å²) in [5.74, 6) is -0.560. The highest BCUT2D eigenvalue weighted by atomic mass is 31.2. The predicted octanol–water partition coefficient (Wildman–Crippen LogP) is 1.66. The molecule has 3 N–H and O–H groups in total. The maximum Gasteiger partial charge on any atom is 0.459 e. The second kappa shape index (κ2) is 11.1. The van der Waals surface area contributed by atoms with Gasteiger partial charge < -0.3 is 19.1 Å². The first-order chi connectivity index (χ1) is 16.8. The molecule has 1 aromatic carbocycles. The molecular weight excluding hydrogens is 500 g/mol. The molecule has 0 spiro atoms. The van der Waals surface area contributed by atoms with Gasteiger partial charge in [0.25, 0.3) is 5.56 Å². The van der Waals surface area contributed by atoms with Gasteiger partial charge in [-0.3, -0.25) is 23.7 Å². The molecule has 1 saturated heterocycles. The second-order valence-corrected chi connectivity index (χ2v) is 10.4. The third-order valence-corrected chi connectivity index (χ3v) is 6.90. The summed E-state index contributed by atoms with van der Waals surface area (Å²) >= 11 is 0. The van der Waals surface area contributed by atoms with Crippen LogP contribution in [-0.4, -0.2) is 57.3 Å². The van der Waals surface area contributed by atoms with Crippen LogP contribution in [0.4, 0.5) is 4.39 Å². The number of esters is 1. The van der Waals surface area contributed by atoms with Gasteiger partial charge in [-0.2, -0.15) is 5.09 Å². The first-order valence-electron chi connectivity index (χ1n) is 11.1. The van der Waals surface area contributed by atoms with Gasteiger partial charge in [-0.15, -0.1) is 0 Å². The number of carbonyl (C=O) groups excluding carboxylic acids is 1. The number of hydrogen-bond acceptors (Lipinski definition) is 9. The predicted molar refractivity (Wildman–Crippen MR) is 125 cm³/mol. The maximum atomic E-state index is 15.4. The molecule has 0 radical (unpaired) electrons. The van der Waals surface area contributed by atoms with Crippen LogP contribution in [-0.2, 0) is 23.4 Å². The Hall–Kier alpha value is -2.83. The van der Waals surface area contributed by atoms with E-state index in [0.717, 1.165) is 23.8 Å². The topological polar surface area (TPSA) is 158 Å². The summed E-state index contributed by atoms with van der Waals surface area (Å²) in [7, 11) is -4.30. The molecule has 0 aliphatic carbocycles. The van der Waals surface area contributed by atoms with Gasteiger partial charge in [0.1, 0.15) is 24.0 Å². The summed E-state index contributed by atoms with van der Waals surface area (Å²) < 4.78 is 51.4. The zero-order valence-electron chi connectivity index (χ0n) is 20.1. The lowest BCUT2D eigenvalue weighted by Gasteiger charge is -2.25. The fourth-order valence-corrected chi connectivity index (χ4v) is 4.97. The zero-order valence-corrected chi connectivity index (χ0v) is 21.0. The van der Waals surface area contributed by atoms with Crippen molar-refractivity contribution in [3.8, 4) is 5.75 Å². The van der Waals surface area contributed by atoms with Crippen molar-refractivity contribution in [3.63, 3.8) is 0 Å². The number of aliphatic hydroxyl groups is 1. The molecule has 6 atom stereocenters. The number of nitrogens with zero attached hydrogens (tertiary/aromatic N) is 1. The highest BCUT2D eigenvalue weighted by Crippen LogP contribution is 2.47. The molecule has 2 heterocycles. The molecule has 1 aliphatic rings. The van der Waals surface area contributed by atoms with Crippen LogP contribution in [0.15, 0.2) is 52.2 Å². The first kappa shape index (κ1) is 27.8. The number of benzene rings is 1. The Balaban J connectivity index is 1.80. The lowest BCUT2D eigenvalue weighted by atomic mass is 9.98. The van der Waals surface area contributed by atoms with Crippen molar-refractivity contribution in [1.29, 1.82) is 0 Å². The van der Waals surface area contributed by atoms with Gasteiger partial charge >= 0.3 is 19.4 Å². The van der Waals surface area contributed by atoms with Crippen LogP contribution in [0.5, 0.6) is 5.75 Å². The number of aromatic amines is 1. The summed E-state index contributed by atoms with van der Waals surface area (Å²) in [5.41, 5.74) is -4.12. The number of para-hydroxylation sites is 1. The third-order valence-electron chi connectivity index (χ3n) is 5.26. The minimum atomic E-state index is -4.30. The van der Waals surface area contributed by atoms with Gasteiger partial charge in [0.05, 0.1) is 12.7 Å². The number of halogens is 1. The number of rotatable bonds is 10. The van der Waals surface area contributed by atoms with E-state index in [9.17, 15) is 24.1 Å². The first-order valence-corrected chi connectivity index (χ1v) is 12.7. The Labute approximate surface area is 205 Å². The molecule has 1 aliphatic heterocycles. The van der Waals surface area contributed by atoms with Crippen LogP contribution < -0.4 is 20.9 Å². The molecule has 2 aromatic rings. The van der Waals surface area contributed by atoms with Gasteiger partial charge in [-0.05, 0) is 39.8 Å². The van der Waals surface area contributed by atoms with E-state index in [1.54, 1.807) is 32.0 Å². The van der Waals surface area contributed by atoms with Crippen molar-refractivity contribution < 1.29 is 37.4 Å². The van der Waals surface area contributed by atoms with Crippen LogP contribution in [0, 0.1) is 0 Å². The quantitative estimate of drug-likeness (QED) is 0.305. The lowest BCUT2D eigenvalue weighted by Crippen LogP contribution is -2.43. The number of H-pyrrole nitrogens is 1. The fourth-order valence-electron chi connectivity index (χ4n) is 3.47. The third kappa shape index (κ3) is 6.48. The van der Waals surface area contributed by atoms with Crippen molar-refractivity contribution in [3.05, 3.63) is 63.4 Å². The van der Waals surface area contributed by atoms with E-state index in [4.69, 9.17) is 18.5 Å². The molecule has 12 nitrogen and oxygen atoms in total. The Morgan fingerprint density at radius 3 is 2.56 bits per heavy atom. The van der Waals surface area contributed by atoms with E-state index in [0.29, 0.717) is 0 Å². The number of carbonyl (C=O) groups is 1. The minimum Gasteiger partial charge on any atom is -0.462 e. The summed E-state index contributed by atoms with van der Waals surface area (Å²) in [6, 6.07) is 7.86. The second-order valence-electron chi connectivity index (χ2n) is 8.67. The minimum absolute atomic E-state index is 0.152. The zero-order chi connectivity index (χ0) is 26.7. The van der Waals surface area contributed by atoms with E-state index in [1.807, 2.05) is 4.98 Å². The Bertz CT molecular complexity index is 1220. The average Bonchev–Trinajstić information content (AvgIpc) is 3.01. The summed E-state index contributed by atoms with van der Waals surface area (Å²) in [6.45, 7) is 5.07. The molecule has 1 aromatic heterocycles. The lowest BCUT2D eigenvalue weighted by molar-refractivity contribution is -0.149. The Kier molecular flexibility index (Phi) is 8.52. The molecular formula is C22H29FN3O9P. The molecule has 0 bridgehead atoms. The summed E-state index contributed by atoms with van der Waals surface area (Å²) in [6.07, 6.45) is -4.21. The number of aliphatic hydroxyl groups excluding tert-OH is 1. The van der Waals surface area contributed by atoms with Gasteiger partial charge in [-0.1, -0.05) is 18.2 Å². The number of alkyl halides is 1. The number of nitrogens with one attached hydrogen (secondary N) is 2. The van der Waals surface area contributed by atoms with Gasteiger partial charge in [0.15, 0.2) is 11.9 Å². The molecule has 1 fully saturated rings. The smallest absolute Gasteiger partial charge is 0.459 e. The molecule has 36 heavy (non-hydrogen) atoms. The normalized spacial score (nSPS) is 26.4. The monoisotopic (exact) mass is 529 g/mol. The number of aromatic nitrogens is 2. The number of ether oxygens (including phenoxy) is 2. The van der Waals surface area contributed by atoms with Crippen molar-refractivity contribution in [2.24, 2.45) is 0 Å². The van der Waals surface area contributed by atoms with Crippen LogP contribution in [0.3, 0.4) is 0 Å². The van der Waals surface area contributed by atoms with Crippen LogP contribution >= 0.6 is 7.75 Å². The van der Waals surface area contributed by atoms with E-state index >= 15 is 4.39 Å². The van der Waals surface area contributed by atoms with Crippen molar-refractivity contribution in [2.75, 3.05) is 6.61 Å². The summed E-state index contributed by atoms with van der Waals surface area (Å²) in [4.78, 5) is 37.7. The molecule has 14 heteroatoms. The SMILES string of the molecule is CC(C)OC(=O)[C@H](C)N[P@@](=O)(OC[C@H]1O[C@@H](n2ccc(=O)[nH]c2=O)[C@](C)(F)[C@H]1O)Oc1ccccc1. The Morgan fingerprint density at radius 2 is 1.94 bits per heavy atom. The van der Waals surface area contributed by atoms with E-state index < -0.39 is 67.8 Å². The van der Waals surface area contributed by atoms with Crippen LogP contribution in [0.1, 0.15) is 33.9 Å². The van der Waals surface area contributed by atoms with Crippen LogP contribution in [0.2, 0.25) is 0 Å². The molecule has 0 saturated carbocycles. The molecule has 198 valence electrons. The fraction of sp³-hybridized carbons (Fsp3) is 0.500. The largest absolute Gasteiger partial charge is 0.462 e. The molecule has 3 rings (SSSR count). The van der Waals surface area contributed by atoms with E-state index in [2.05, 4.69) is 5.09 Å².